The van der Waals surface area contributed by atoms with Gasteiger partial charge in [0, 0.05) is 12.2 Å². The topological polar surface area (TPSA) is 78.9 Å². The van der Waals surface area contributed by atoms with Crippen LogP contribution < -0.4 is 14.6 Å². The third-order valence-electron chi connectivity index (χ3n) is 4.39. The third-order valence-corrected chi connectivity index (χ3v) is 5.99. The number of benzene rings is 1. The lowest BCUT2D eigenvalue weighted by atomic mass is 10.0. The Balaban J connectivity index is 1.77. The first-order chi connectivity index (χ1) is 10.6. The van der Waals surface area contributed by atoms with E-state index in [1.165, 1.54) is 16.7 Å². The first-order valence-corrected chi connectivity index (χ1v) is 8.17. The maximum absolute atomic E-state index is 12.2. The number of fused-ring (bicyclic) bond motifs is 2. The maximum Gasteiger partial charge on any atom is 0.224 e. The molecule has 0 radical (unpaired) electrons. The quantitative estimate of drug-likeness (QED) is 0.769. The van der Waals surface area contributed by atoms with E-state index in [1.54, 1.807) is 0 Å². The van der Waals surface area contributed by atoms with E-state index >= 15 is 0 Å². The highest BCUT2D eigenvalue weighted by atomic mass is 32.2. The molecule has 3 heterocycles. The first kappa shape index (κ1) is 13.8. The minimum atomic E-state index is -1.19. The van der Waals surface area contributed by atoms with Gasteiger partial charge in [-0.25, -0.2) is 0 Å². The summed E-state index contributed by atoms with van der Waals surface area (Å²) in [6, 6.07) is 4.72. The number of aliphatic carboxylic acids is 1. The molecule has 0 unspecified atom stereocenters. The Morgan fingerprint density at radius 1 is 1.32 bits per heavy atom. The van der Waals surface area contributed by atoms with Gasteiger partial charge in [-0.05, 0) is 24.1 Å². The van der Waals surface area contributed by atoms with Crippen molar-refractivity contribution in [2.75, 3.05) is 19.0 Å². The number of hydrogen-bond donors (Lipinski definition) is 0. The second kappa shape index (κ2) is 4.81. The van der Waals surface area contributed by atoms with Crippen LogP contribution in [0.2, 0.25) is 0 Å². The van der Waals surface area contributed by atoms with Crippen molar-refractivity contribution in [2.45, 2.75) is 23.8 Å². The van der Waals surface area contributed by atoms with Gasteiger partial charge in [0.1, 0.15) is 18.1 Å². The van der Waals surface area contributed by atoms with Gasteiger partial charge < -0.3 is 24.3 Å². The van der Waals surface area contributed by atoms with Crippen LogP contribution in [0.4, 0.5) is 0 Å². The fourth-order valence-electron chi connectivity index (χ4n) is 3.40. The summed E-state index contributed by atoms with van der Waals surface area (Å²) in [5.74, 6) is 0.357. The second-order valence-electron chi connectivity index (χ2n) is 5.55. The van der Waals surface area contributed by atoms with Crippen molar-refractivity contribution in [3.63, 3.8) is 0 Å². The Hall–Kier alpha value is -1.89. The highest BCUT2D eigenvalue weighted by Gasteiger charge is 2.55. The van der Waals surface area contributed by atoms with Crippen LogP contribution in [0.25, 0.3) is 0 Å². The van der Waals surface area contributed by atoms with Crippen LogP contribution in [0.5, 0.6) is 11.5 Å². The predicted octanol–water partition coefficient (Wildman–Crippen LogP) is 0.0983. The molecule has 7 heteroatoms. The standard InChI is InChI=1S/C15H15NO5S/c17-13-3-4-15(16(13)10(8-22-15)14(18)19)9-1-2-11-12(7-9)21-6-5-20-11/h1-2,7,10H,3-6,8H2,(H,18,19)/p-1/t10-,15-/m0/s1. The molecule has 0 aromatic heterocycles. The Kier molecular flexibility index (Phi) is 3.00. The summed E-state index contributed by atoms with van der Waals surface area (Å²) >= 11 is 1.49. The van der Waals surface area contributed by atoms with E-state index in [0.717, 1.165) is 5.56 Å². The molecular formula is C15H14NO5S-. The summed E-state index contributed by atoms with van der Waals surface area (Å²) in [5, 5.41) is 11.3. The molecule has 1 amide bonds. The molecule has 116 valence electrons. The van der Waals surface area contributed by atoms with Gasteiger partial charge in [0.25, 0.3) is 0 Å². The average Bonchev–Trinajstić information content (AvgIpc) is 3.06. The van der Waals surface area contributed by atoms with Gasteiger partial charge in [-0.15, -0.1) is 11.8 Å². The van der Waals surface area contributed by atoms with Crippen LogP contribution in [0.3, 0.4) is 0 Å². The van der Waals surface area contributed by atoms with Crippen LogP contribution in [-0.2, 0) is 14.5 Å². The molecule has 1 aromatic carbocycles. The normalized spacial score (nSPS) is 29.5. The summed E-state index contributed by atoms with van der Waals surface area (Å²) < 4.78 is 11.1. The molecule has 0 aliphatic carbocycles. The zero-order valence-corrected chi connectivity index (χ0v) is 12.6. The minimum Gasteiger partial charge on any atom is -0.548 e. The molecule has 0 bridgehead atoms. The van der Waals surface area contributed by atoms with Crippen molar-refractivity contribution >= 4 is 23.6 Å². The number of ether oxygens (including phenoxy) is 2. The molecule has 0 N–H and O–H groups in total. The number of carboxylic acid groups (broad SMARTS) is 1. The number of amides is 1. The van der Waals surface area contributed by atoms with E-state index in [1.807, 2.05) is 18.2 Å². The smallest absolute Gasteiger partial charge is 0.224 e. The number of thioether (sulfide) groups is 1. The zero-order valence-electron chi connectivity index (χ0n) is 11.7. The number of carboxylic acids is 1. The fourth-order valence-corrected chi connectivity index (χ4v) is 5.03. The summed E-state index contributed by atoms with van der Waals surface area (Å²) in [5.41, 5.74) is 0.886. The van der Waals surface area contributed by atoms with Crippen LogP contribution in [0.1, 0.15) is 18.4 Å². The zero-order chi connectivity index (χ0) is 15.3. The number of carbonyl (C=O) groups is 2. The molecule has 6 nitrogen and oxygen atoms in total. The van der Waals surface area contributed by atoms with Gasteiger partial charge in [0.15, 0.2) is 11.5 Å². The summed E-state index contributed by atoms with van der Waals surface area (Å²) in [7, 11) is 0. The van der Waals surface area contributed by atoms with Crippen molar-refractivity contribution in [2.24, 2.45) is 0 Å². The SMILES string of the molecule is O=C([O-])[C@@H]1CS[C@]2(c3ccc4c(c3)OCCO4)CCC(=O)N12. The largest absolute Gasteiger partial charge is 0.548 e. The van der Waals surface area contributed by atoms with Crippen molar-refractivity contribution in [1.82, 2.24) is 4.90 Å². The molecule has 2 atom stereocenters. The summed E-state index contributed by atoms with van der Waals surface area (Å²) in [4.78, 5) is 24.4. The minimum absolute atomic E-state index is 0.130. The first-order valence-electron chi connectivity index (χ1n) is 7.19. The highest BCUT2D eigenvalue weighted by Crippen LogP contribution is 2.55. The van der Waals surface area contributed by atoms with Gasteiger partial charge in [0.2, 0.25) is 5.91 Å². The van der Waals surface area contributed by atoms with E-state index < -0.39 is 16.9 Å². The number of hydrogen-bond acceptors (Lipinski definition) is 6. The van der Waals surface area contributed by atoms with E-state index in [9.17, 15) is 14.7 Å². The van der Waals surface area contributed by atoms with Gasteiger partial charge in [-0.2, -0.15) is 0 Å². The van der Waals surface area contributed by atoms with Crippen LogP contribution in [-0.4, -0.2) is 41.8 Å². The molecule has 0 spiro atoms. The fraction of sp³-hybridized carbons (Fsp3) is 0.467. The molecule has 1 aromatic rings. The van der Waals surface area contributed by atoms with Crippen LogP contribution in [0, 0.1) is 0 Å². The molecular weight excluding hydrogens is 306 g/mol. The lowest BCUT2D eigenvalue weighted by Gasteiger charge is -2.35. The van der Waals surface area contributed by atoms with Gasteiger partial charge in [-0.3, -0.25) is 4.79 Å². The van der Waals surface area contributed by atoms with Gasteiger partial charge >= 0.3 is 0 Å². The molecule has 2 saturated heterocycles. The molecule has 2 fully saturated rings. The van der Waals surface area contributed by atoms with Gasteiger partial charge in [0.05, 0.1) is 12.0 Å². The van der Waals surface area contributed by atoms with E-state index in [2.05, 4.69) is 0 Å². The number of rotatable bonds is 2. The lowest BCUT2D eigenvalue weighted by molar-refractivity contribution is -0.310. The third kappa shape index (κ3) is 1.81. The predicted molar refractivity (Wildman–Crippen MR) is 76.4 cm³/mol. The lowest BCUT2D eigenvalue weighted by Crippen LogP contribution is -2.50. The van der Waals surface area contributed by atoms with Crippen molar-refractivity contribution in [3.05, 3.63) is 23.8 Å². The molecule has 0 saturated carbocycles. The molecule has 22 heavy (non-hydrogen) atoms. The molecule has 3 aliphatic rings. The van der Waals surface area contributed by atoms with Crippen molar-refractivity contribution in [1.29, 1.82) is 0 Å². The molecule has 3 aliphatic heterocycles. The Morgan fingerprint density at radius 2 is 2.09 bits per heavy atom. The highest BCUT2D eigenvalue weighted by molar-refractivity contribution is 8.00. The maximum atomic E-state index is 12.2. The average molecular weight is 320 g/mol. The van der Waals surface area contributed by atoms with E-state index in [-0.39, 0.29) is 5.91 Å². The van der Waals surface area contributed by atoms with Crippen LogP contribution >= 0.6 is 11.8 Å². The Bertz CT molecular complexity index is 663. The van der Waals surface area contributed by atoms with Gasteiger partial charge in [-0.1, -0.05) is 6.07 Å². The Morgan fingerprint density at radius 3 is 2.86 bits per heavy atom. The summed E-state index contributed by atoms with van der Waals surface area (Å²) in [6.45, 7) is 1.00. The van der Waals surface area contributed by atoms with E-state index in [0.29, 0.717) is 43.3 Å². The van der Waals surface area contributed by atoms with Crippen LogP contribution in [0.15, 0.2) is 18.2 Å². The van der Waals surface area contributed by atoms with Crippen molar-refractivity contribution in [3.8, 4) is 11.5 Å². The van der Waals surface area contributed by atoms with Crippen molar-refractivity contribution < 1.29 is 24.2 Å². The number of carbonyl (C=O) groups excluding carboxylic acids is 2. The molecule has 4 rings (SSSR count). The van der Waals surface area contributed by atoms with E-state index in [4.69, 9.17) is 9.47 Å². The Labute approximate surface area is 131 Å². The summed E-state index contributed by atoms with van der Waals surface area (Å²) in [6.07, 6.45) is 0.950. The second-order valence-corrected chi connectivity index (χ2v) is 6.85. The number of nitrogens with zero attached hydrogens (tertiary/aromatic N) is 1. The monoisotopic (exact) mass is 320 g/mol.